The molecule has 0 unspecified atom stereocenters. The van der Waals surface area contributed by atoms with Gasteiger partial charge in [0.15, 0.2) is 5.82 Å². The van der Waals surface area contributed by atoms with E-state index in [2.05, 4.69) is 31.2 Å². The lowest BCUT2D eigenvalue weighted by molar-refractivity contribution is 1.10. The zero-order chi connectivity index (χ0) is 12.3. The molecule has 2 N–H and O–H groups in total. The number of thioether (sulfide) groups is 1. The van der Waals surface area contributed by atoms with E-state index in [0.29, 0.717) is 10.3 Å². The number of hydrogen-bond donors (Lipinski definition) is 2. The van der Waals surface area contributed by atoms with Crippen LogP contribution in [0.4, 0.5) is 11.5 Å². The summed E-state index contributed by atoms with van der Waals surface area (Å²) in [5, 5.41) is 3.08. The summed E-state index contributed by atoms with van der Waals surface area (Å²) in [6.07, 6.45) is 3.39. The van der Waals surface area contributed by atoms with Crippen LogP contribution in [0.3, 0.4) is 0 Å². The average Bonchev–Trinajstić information content (AvgIpc) is 2.36. The van der Waals surface area contributed by atoms with Crippen LogP contribution in [0, 0.1) is 0 Å². The predicted molar refractivity (Wildman–Crippen MR) is 74.1 cm³/mol. The molecule has 17 heavy (non-hydrogen) atoms. The second kappa shape index (κ2) is 5.37. The van der Waals surface area contributed by atoms with E-state index < -0.39 is 0 Å². The lowest BCUT2D eigenvalue weighted by Crippen LogP contribution is -2.09. The maximum Gasteiger partial charge on any atom is 0.267 e. The molecule has 0 aliphatic heterocycles. The van der Waals surface area contributed by atoms with Gasteiger partial charge in [-0.1, -0.05) is 0 Å². The van der Waals surface area contributed by atoms with Gasteiger partial charge < -0.3 is 10.3 Å². The van der Waals surface area contributed by atoms with E-state index in [1.54, 1.807) is 11.8 Å². The molecule has 0 atom stereocenters. The summed E-state index contributed by atoms with van der Waals surface area (Å²) in [4.78, 5) is 19.1. The smallest absolute Gasteiger partial charge is 0.267 e. The highest BCUT2D eigenvalue weighted by Crippen LogP contribution is 2.22. The molecule has 2 aromatic rings. The molecule has 4 nitrogen and oxygen atoms in total. The quantitative estimate of drug-likeness (QED) is 0.856. The van der Waals surface area contributed by atoms with E-state index in [0.717, 1.165) is 5.69 Å². The highest BCUT2D eigenvalue weighted by molar-refractivity contribution is 9.10. The molecule has 0 radical (unpaired) electrons. The predicted octanol–water partition coefficient (Wildman–Crippen LogP) is 3.00. The number of aromatic amines is 1. The van der Waals surface area contributed by atoms with Gasteiger partial charge in [-0.05, 0) is 46.5 Å². The van der Waals surface area contributed by atoms with Crippen LogP contribution in [0.1, 0.15) is 0 Å². The van der Waals surface area contributed by atoms with Crippen molar-refractivity contribution in [1.82, 2.24) is 9.97 Å². The van der Waals surface area contributed by atoms with E-state index in [1.807, 2.05) is 30.5 Å². The van der Waals surface area contributed by atoms with Crippen LogP contribution < -0.4 is 10.9 Å². The van der Waals surface area contributed by atoms with Gasteiger partial charge in [-0.25, -0.2) is 4.98 Å². The molecule has 1 heterocycles. The van der Waals surface area contributed by atoms with Gasteiger partial charge in [-0.3, -0.25) is 4.79 Å². The number of nitrogens with zero attached hydrogens (tertiary/aromatic N) is 1. The maximum absolute atomic E-state index is 11.3. The van der Waals surface area contributed by atoms with Gasteiger partial charge in [0.05, 0.1) is 6.33 Å². The summed E-state index contributed by atoms with van der Waals surface area (Å²) in [6, 6.07) is 7.91. The molecule has 88 valence electrons. The number of nitrogens with one attached hydrogen (secondary N) is 2. The molecule has 6 heteroatoms. The van der Waals surface area contributed by atoms with E-state index in [1.165, 1.54) is 11.2 Å². The van der Waals surface area contributed by atoms with Crippen LogP contribution in [0.25, 0.3) is 0 Å². The van der Waals surface area contributed by atoms with Crippen molar-refractivity contribution in [2.24, 2.45) is 0 Å². The van der Waals surface area contributed by atoms with E-state index >= 15 is 0 Å². The third kappa shape index (κ3) is 2.89. The van der Waals surface area contributed by atoms with Gasteiger partial charge in [-0.2, -0.15) is 0 Å². The standard InChI is InChI=1S/C11H10BrN3OS/c1-17-8-4-2-7(3-5-8)15-10-9(12)11(16)14-6-13-10/h2-6H,1H3,(H2,13,14,15,16). The van der Waals surface area contributed by atoms with Crippen molar-refractivity contribution in [3.8, 4) is 0 Å². The minimum absolute atomic E-state index is 0.205. The fourth-order valence-corrected chi connectivity index (χ4v) is 2.01. The van der Waals surface area contributed by atoms with Crippen LogP contribution in [-0.4, -0.2) is 16.2 Å². The summed E-state index contributed by atoms with van der Waals surface area (Å²) in [6.45, 7) is 0. The topological polar surface area (TPSA) is 57.8 Å². The zero-order valence-corrected chi connectivity index (χ0v) is 11.4. The summed E-state index contributed by atoms with van der Waals surface area (Å²) >= 11 is 4.87. The molecule has 0 bridgehead atoms. The van der Waals surface area contributed by atoms with Crippen molar-refractivity contribution in [1.29, 1.82) is 0 Å². The minimum Gasteiger partial charge on any atom is -0.339 e. The minimum atomic E-state index is -0.205. The Balaban J connectivity index is 2.25. The number of benzene rings is 1. The van der Waals surface area contributed by atoms with Crippen molar-refractivity contribution < 1.29 is 0 Å². The van der Waals surface area contributed by atoms with E-state index in [-0.39, 0.29) is 5.56 Å². The number of hydrogen-bond acceptors (Lipinski definition) is 4. The van der Waals surface area contributed by atoms with Crippen LogP contribution in [-0.2, 0) is 0 Å². The van der Waals surface area contributed by atoms with Gasteiger partial charge in [0.25, 0.3) is 5.56 Å². The summed E-state index contributed by atoms with van der Waals surface area (Å²) in [5.41, 5.74) is 0.685. The van der Waals surface area contributed by atoms with Gasteiger partial charge in [0.1, 0.15) is 4.47 Å². The molecule has 0 saturated heterocycles. The highest BCUT2D eigenvalue weighted by atomic mass is 79.9. The second-order valence-electron chi connectivity index (χ2n) is 3.25. The molecule has 0 aliphatic rings. The molecule has 1 aromatic carbocycles. The van der Waals surface area contributed by atoms with E-state index in [4.69, 9.17) is 0 Å². The third-order valence-electron chi connectivity index (χ3n) is 2.15. The molecule has 0 fully saturated rings. The van der Waals surface area contributed by atoms with Gasteiger partial charge in [0.2, 0.25) is 0 Å². The highest BCUT2D eigenvalue weighted by Gasteiger charge is 2.05. The fraction of sp³-hybridized carbons (Fsp3) is 0.0909. The van der Waals surface area contributed by atoms with Crippen LogP contribution in [0.2, 0.25) is 0 Å². The van der Waals surface area contributed by atoms with Crippen molar-refractivity contribution >= 4 is 39.2 Å². The zero-order valence-electron chi connectivity index (χ0n) is 9.03. The van der Waals surface area contributed by atoms with Crippen molar-refractivity contribution in [3.05, 3.63) is 45.4 Å². The Labute approximate surface area is 111 Å². The van der Waals surface area contributed by atoms with Crippen molar-refractivity contribution in [2.45, 2.75) is 4.90 Å². The summed E-state index contributed by atoms with van der Waals surface area (Å²) in [5.74, 6) is 0.505. The normalized spacial score (nSPS) is 10.2. The van der Waals surface area contributed by atoms with Gasteiger partial charge >= 0.3 is 0 Å². The SMILES string of the molecule is CSc1ccc(Nc2nc[nH]c(=O)c2Br)cc1. The number of anilines is 2. The first-order valence-electron chi connectivity index (χ1n) is 4.85. The molecule has 0 aliphatic carbocycles. The third-order valence-corrected chi connectivity index (χ3v) is 3.63. The molecule has 2 rings (SSSR count). The molecular formula is C11H10BrN3OS. The summed E-state index contributed by atoms with van der Waals surface area (Å²) < 4.78 is 0.397. The Morgan fingerprint density at radius 1 is 1.35 bits per heavy atom. The van der Waals surface area contributed by atoms with E-state index in [9.17, 15) is 4.79 Å². The Morgan fingerprint density at radius 3 is 2.71 bits per heavy atom. The number of halogens is 1. The maximum atomic E-state index is 11.3. The average molecular weight is 312 g/mol. The van der Waals surface area contributed by atoms with Crippen molar-refractivity contribution in [3.63, 3.8) is 0 Å². The number of rotatable bonds is 3. The van der Waals surface area contributed by atoms with Gasteiger partial charge in [0, 0.05) is 10.6 Å². The fourth-order valence-electron chi connectivity index (χ4n) is 1.28. The second-order valence-corrected chi connectivity index (χ2v) is 4.92. The van der Waals surface area contributed by atoms with Crippen LogP contribution >= 0.6 is 27.7 Å². The largest absolute Gasteiger partial charge is 0.339 e. The molecule has 0 spiro atoms. The Morgan fingerprint density at radius 2 is 2.06 bits per heavy atom. The lowest BCUT2D eigenvalue weighted by atomic mass is 10.3. The Kier molecular flexibility index (Phi) is 3.86. The van der Waals surface area contributed by atoms with Crippen LogP contribution in [0.15, 0.2) is 44.8 Å². The number of aromatic nitrogens is 2. The molecular weight excluding hydrogens is 302 g/mol. The first-order chi connectivity index (χ1) is 8.20. The first-order valence-corrected chi connectivity index (χ1v) is 6.87. The van der Waals surface area contributed by atoms with Gasteiger partial charge in [-0.15, -0.1) is 11.8 Å². The monoisotopic (exact) mass is 311 g/mol. The Hall–Kier alpha value is -1.27. The summed E-state index contributed by atoms with van der Waals surface area (Å²) in [7, 11) is 0. The Bertz CT molecular complexity index is 568. The molecule has 1 aromatic heterocycles. The first kappa shape index (κ1) is 12.2. The van der Waals surface area contributed by atoms with Crippen LogP contribution in [0.5, 0.6) is 0 Å². The number of H-pyrrole nitrogens is 1. The van der Waals surface area contributed by atoms with Crippen molar-refractivity contribution in [2.75, 3.05) is 11.6 Å². The lowest BCUT2D eigenvalue weighted by Gasteiger charge is -2.06. The molecule has 0 saturated carbocycles. The molecule has 0 amide bonds.